The van der Waals surface area contributed by atoms with Gasteiger partial charge in [-0.05, 0) is 61.0 Å². The van der Waals surface area contributed by atoms with Crippen LogP contribution in [0.3, 0.4) is 0 Å². The first-order chi connectivity index (χ1) is 17.0. The van der Waals surface area contributed by atoms with Crippen LogP contribution < -0.4 is 15.6 Å². The Morgan fingerprint density at radius 2 is 1.69 bits per heavy atom. The van der Waals surface area contributed by atoms with Crippen LogP contribution in [0.25, 0.3) is 21.3 Å². The molecule has 1 N–H and O–H groups in total. The summed E-state index contributed by atoms with van der Waals surface area (Å²) in [5.74, 6) is 0.648. The number of amides is 1. The molecule has 6 nitrogen and oxygen atoms in total. The summed E-state index contributed by atoms with van der Waals surface area (Å²) >= 11 is 1.39. The van der Waals surface area contributed by atoms with Crippen molar-refractivity contribution in [2.75, 3.05) is 5.32 Å². The maximum Gasteiger partial charge on any atom is 0.263 e. The van der Waals surface area contributed by atoms with E-state index in [4.69, 9.17) is 4.74 Å². The van der Waals surface area contributed by atoms with Gasteiger partial charge in [-0.3, -0.25) is 14.2 Å². The molecule has 3 aromatic carbocycles. The SMILES string of the molecule is Cc1sc2ncn(CC(=O)Nc3ccc(Oc4ccccc4)cc3)c(=O)c2c1-c1ccc(F)cc1. The van der Waals surface area contributed by atoms with Gasteiger partial charge in [0.05, 0.1) is 11.7 Å². The Labute approximate surface area is 204 Å². The molecule has 35 heavy (non-hydrogen) atoms. The van der Waals surface area contributed by atoms with E-state index >= 15 is 0 Å². The average Bonchev–Trinajstić information content (AvgIpc) is 3.20. The minimum atomic E-state index is -0.361. The van der Waals surface area contributed by atoms with Crippen LogP contribution in [-0.4, -0.2) is 15.5 Å². The van der Waals surface area contributed by atoms with Crippen molar-refractivity contribution >= 4 is 33.1 Å². The van der Waals surface area contributed by atoms with Gasteiger partial charge in [0, 0.05) is 16.1 Å². The van der Waals surface area contributed by atoms with E-state index in [0.29, 0.717) is 27.2 Å². The Morgan fingerprint density at radius 1 is 1.00 bits per heavy atom. The van der Waals surface area contributed by atoms with Gasteiger partial charge in [-0.15, -0.1) is 11.3 Å². The van der Waals surface area contributed by atoms with Gasteiger partial charge in [0.15, 0.2) is 0 Å². The van der Waals surface area contributed by atoms with E-state index in [0.717, 1.165) is 16.2 Å². The van der Waals surface area contributed by atoms with Crippen LogP contribution in [0.15, 0.2) is 90.0 Å². The van der Waals surface area contributed by atoms with Crippen LogP contribution in [0.4, 0.5) is 10.1 Å². The first-order valence-corrected chi connectivity index (χ1v) is 11.7. The van der Waals surface area contributed by atoms with E-state index in [9.17, 15) is 14.0 Å². The molecule has 1 amide bonds. The van der Waals surface area contributed by atoms with E-state index in [1.165, 1.54) is 34.4 Å². The quantitative estimate of drug-likeness (QED) is 0.320. The lowest BCUT2D eigenvalue weighted by atomic mass is 10.0. The molecule has 0 bridgehead atoms. The molecule has 0 aliphatic rings. The number of fused-ring (bicyclic) bond motifs is 1. The molecule has 0 aliphatic heterocycles. The smallest absolute Gasteiger partial charge is 0.263 e. The molecule has 2 heterocycles. The van der Waals surface area contributed by atoms with Crippen LogP contribution in [-0.2, 0) is 11.3 Å². The largest absolute Gasteiger partial charge is 0.457 e. The number of ether oxygens (including phenoxy) is 1. The van der Waals surface area contributed by atoms with Crippen molar-refractivity contribution in [3.8, 4) is 22.6 Å². The minimum Gasteiger partial charge on any atom is -0.457 e. The second kappa shape index (κ2) is 9.52. The monoisotopic (exact) mass is 485 g/mol. The fraction of sp³-hybridized carbons (Fsp3) is 0.0741. The predicted octanol–water partition coefficient (Wildman–Crippen LogP) is 6.00. The molecule has 174 valence electrons. The van der Waals surface area contributed by atoms with Crippen molar-refractivity contribution in [2.45, 2.75) is 13.5 Å². The van der Waals surface area contributed by atoms with Crippen LogP contribution in [0.5, 0.6) is 11.5 Å². The highest BCUT2D eigenvalue weighted by Crippen LogP contribution is 2.35. The number of rotatable bonds is 6. The van der Waals surface area contributed by atoms with E-state index in [2.05, 4.69) is 10.3 Å². The Morgan fingerprint density at radius 3 is 2.40 bits per heavy atom. The number of anilines is 1. The van der Waals surface area contributed by atoms with Gasteiger partial charge >= 0.3 is 0 Å². The Bertz CT molecular complexity index is 1560. The van der Waals surface area contributed by atoms with Crippen LogP contribution in [0, 0.1) is 12.7 Å². The van der Waals surface area contributed by atoms with Gasteiger partial charge in [0.1, 0.15) is 28.7 Å². The maximum atomic E-state index is 13.4. The number of benzene rings is 3. The molecule has 0 saturated carbocycles. The summed E-state index contributed by atoms with van der Waals surface area (Å²) in [4.78, 5) is 31.8. The normalized spacial score (nSPS) is 10.9. The van der Waals surface area contributed by atoms with Crippen LogP contribution >= 0.6 is 11.3 Å². The second-order valence-corrected chi connectivity index (χ2v) is 9.09. The van der Waals surface area contributed by atoms with E-state index in [1.807, 2.05) is 37.3 Å². The first kappa shape index (κ1) is 22.5. The molecule has 2 aromatic heterocycles. The number of nitrogens with zero attached hydrogens (tertiary/aromatic N) is 2. The third-order valence-electron chi connectivity index (χ3n) is 5.42. The Balaban J connectivity index is 1.34. The number of halogens is 1. The Kier molecular flexibility index (Phi) is 6.12. The molecule has 0 fully saturated rings. The van der Waals surface area contributed by atoms with Crippen molar-refractivity contribution in [1.82, 2.24) is 9.55 Å². The number of aryl methyl sites for hydroxylation is 1. The van der Waals surface area contributed by atoms with Gasteiger partial charge in [-0.2, -0.15) is 0 Å². The van der Waals surface area contributed by atoms with Crippen molar-refractivity contribution in [2.24, 2.45) is 0 Å². The zero-order valence-corrected chi connectivity index (χ0v) is 19.5. The molecule has 8 heteroatoms. The van der Waals surface area contributed by atoms with Crippen LogP contribution in [0.2, 0.25) is 0 Å². The van der Waals surface area contributed by atoms with Crippen LogP contribution in [0.1, 0.15) is 4.88 Å². The molecular formula is C27H20FN3O3S. The summed E-state index contributed by atoms with van der Waals surface area (Å²) in [5.41, 5.74) is 1.71. The van der Waals surface area contributed by atoms with Crippen molar-refractivity contribution < 1.29 is 13.9 Å². The first-order valence-electron chi connectivity index (χ1n) is 10.9. The number of carbonyl (C=O) groups is 1. The van der Waals surface area contributed by atoms with Crippen molar-refractivity contribution in [3.05, 3.63) is 106 Å². The number of nitrogens with one attached hydrogen (secondary N) is 1. The molecular weight excluding hydrogens is 465 g/mol. The average molecular weight is 486 g/mol. The summed E-state index contributed by atoms with van der Waals surface area (Å²) < 4.78 is 20.4. The summed E-state index contributed by atoms with van der Waals surface area (Å²) in [7, 11) is 0. The van der Waals surface area contributed by atoms with Gasteiger partial charge in [0.25, 0.3) is 5.56 Å². The van der Waals surface area contributed by atoms with E-state index in [-0.39, 0.29) is 23.8 Å². The van der Waals surface area contributed by atoms with Gasteiger partial charge in [-0.1, -0.05) is 30.3 Å². The highest BCUT2D eigenvalue weighted by Gasteiger charge is 2.18. The number of thiophene rings is 1. The number of hydrogen-bond donors (Lipinski definition) is 1. The predicted molar refractivity (Wildman–Crippen MR) is 136 cm³/mol. The number of carbonyl (C=O) groups excluding carboxylic acids is 1. The lowest BCUT2D eigenvalue weighted by molar-refractivity contribution is -0.116. The highest BCUT2D eigenvalue weighted by atomic mass is 32.1. The lowest BCUT2D eigenvalue weighted by Gasteiger charge is -2.09. The molecule has 0 radical (unpaired) electrons. The summed E-state index contributed by atoms with van der Waals surface area (Å²) in [5, 5.41) is 3.22. The molecule has 0 atom stereocenters. The summed E-state index contributed by atoms with van der Waals surface area (Å²) in [6.07, 6.45) is 1.38. The number of para-hydroxylation sites is 1. The standard InChI is InChI=1S/C27H20FN3O3S/c1-17-24(18-7-9-19(28)10-8-18)25-26(35-17)29-16-31(27(25)33)15-23(32)30-20-11-13-22(14-12-20)34-21-5-3-2-4-6-21/h2-14,16H,15H2,1H3,(H,30,32). The van der Waals surface area contributed by atoms with Gasteiger partial charge < -0.3 is 10.1 Å². The van der Waals surface area contributed by atoms with Crippen molar-refractivity contribution in [3.63, 3.8) is 0 Å². The topological polar surface area (TPSA) is 73.2 Å². The molecule has 5 rings (SSSR count). The van der Waals surface area contributed by atoms with Gasteiger partial charge in [0.2, 0.25) is 5.91 Å². The fourth-order valence-corrected chi connectivity index (χ4v) is 4.80. The molecule has 0 saturated heterocycles. The third-order valence-corrected chi connectivity index (χ3v) is 6.43. The molecule has 0 aliphatic carbocycles. The number of hydrogen-bond acceptors (Lipinski definition) is 5. The summed E-state index contributed by atoms with van der Waals surface area (Å²) in [6, 6.07) is 22.4. The fourth-order valence-electron chi connectivity index (χ4n) is 3.80. The molecule has 0 unspecified atom stereocenters. The van der Waals surface area contributed by atoms with E-state index in [1.54, 1.807) is 36.4 Å². The van der Waals surface area contributed by atoms with E-state index < -0.39 is 0 Å². The summed E-state index contributed by atoms with van der Waals surface area (Å²) in [6.45, 7) is 1.70. The van der Waals surface area contributed by atoms with Gasteiger partial charge in [-0.25, -0.2) is 9.37 Å². The lowest BCUT2D eigenvalue weighted by Crippen LogP contribution is -2.27. The molecule has 0 spiro atoms. The molecule has 5 aromatic rings. The van der Waals surface area contributed by atoms with Crippen molar-refractivity contribution in [1.29, 1.82) is 0 Å². The minimum absolute atomic E-state index is 0.193. The zero-order chi connectivity index (χ0) is 24.4. The maximum absolute atomic E-state index is 13.4. The second-order valence-electron chi connectivity index (χ2n) is 7.89. The third kappa shape index (κ3) is 4.83. The Hall–Kier alpha value is -4.30. The number of aromatic nitrogens is 2. The zero-order valence-electron chi connectivity index (χ0n) is 18.7. The highest BCUT2D eigenvalue weighted by molar-refractivity contribution is 7.19.